The third-order valence-corrected chi connectivity index (χ3v) is 9.90. The second-order valence-electron chi connectivity index (χ2n) is 7.48. The molecule has 0 saturated heterocycles. The summed E-state index contributed by atoms with van der Waals surface area (Å²) in [4.78, 5) is 11.4. The van der Waals surface area contributed by atoms with Gasteiger partial charge in [0.2, 0.25) is 0 Å². The molecule has 0 spiro atoms. The molecule has 5 heteroatoms. The lowest BCUT2D eigenvalue weighted by Gasteiger charge is -2.45. The van der Waals surface area contributed by atoms with Crippen LogP contribution in [0.2, 0.25) is 5.04 Å². The van der Waals surface area contributed by atoms with Crippen LogP contribution in [-0.2, 0) is 9.22 Å². The van der Waals surface area contributed by atoms with Crippen molar-refractivity contribution in [3.8, 4) is 0 Å². The van der Waals surface area contributed by atoms with E-state index in [1.165, 1.54) is 0 Å². The van der Waals surface area contributed by atoms with Crippen molar-refractivity contribution in [3.63, 3.8) is 0 Å². The Labute approximate surface area is 162 Å². The number of benzene rings is 2. The topological polar surface area (TPSA) is 46.5 Å². The van der Waals surface area contributed by atoms with E-state index >= 15 is 0 Å². The predicted molar refractivity (Wildman–Crippen MR) is 110 cm³/mol. The second kappa shape index (κ2) is 8.85. The van der Waals surface area contributed by atoms with Crippen molar-refractivity contribution in [2.45, 2.75) is 44.8 Å². The molecule has 0 saturated carbocycles. The predicted octanol–water partition coefficient (Wildman–Crippen LogP) is 4.04. The number of aliphatic carboxylic acids is 1. The van der Waals surface area contributed by atoms with Crippen LogP contribution in [0.15, 0.2) is 60.7 Å². The van der Waals surface area contributed by atoms with Gasteiger partial charge in [0, 0.05) is 5.88 Å². The maximum atomic E-state index is 11.4. The molecule has 0 amide bonds. The molecular weight excluding hydrogens is 364 g/mol. The van der Waals surface area contributed by atoms with E-state index in [4.69, 9.17) is 16.0 Å². The van der Waals surface area contributed by atoms with Gasteiger partial charge in [0.05, 0.1) is 12.5 Å². The zero-order valence-corrected chi connectivity index (χ0v) is 17.4. The Bertz CT molecular complexity index is 659. The minimum Gasteiger partial charge on any atom is -0.481 e. The molecule has 2 aromatic rings. The van der Waals surface area contributed by atoms with E-state index in [0.29, 0.717) is 12.3 Å². The largest absolute Gasteiger partial charge is 0.481 e. The van der Waals surface area contributed by atoms with Gasteiger partial charge in [0.1, 0.15) is 0 Å². The van der Waals surface area contributed by atoms with Crippen LogP contribution < -0.4 is 10.4 Å². The molecule has 1 N–H and O–H groups in total. The minimum absolute atomic E-state index is 0.0444. The van der Waals surface area contributed by atoms with Crippen molar-refractivity contribution in [2.24, 2.45) is 0 Å². The van der Waals surface area contributed by atoms with Crippen LogP contribution in [0.3, 0.4) is 0 Å². The number of hydrogen-bond donors (Lipinski definition) is 1. The van der Waals surface area contributed by atoms with Crippen molar-refractivity contribution in [1.29, 1.82) is 0 Å². The van der Waals surface area contributed by atoms with Crippen LogP contribution in [0.25, 0.3) is 0 Å². The molecule has 0 heterocycles. The lowest BCUT2D eigenvalue weighted by molar-refractivity contribution is -0.138. The molecule has 2 rings (SSSR count). The van der Waals surface area contributed by atoms with E-state index in [-0.39, 0.29) is 11.5 Å². The molecule has 0 aliphatic carbocycles. The zero-order chi connectivity index (χ0) is 19.2. The van der Waals surface area contributed by atoms with Gasteiger partial charge in [-0.05, 0) is 21.8 Å². The van der Waals surface area contributed by atoms with E-state index in [9.17, 15) is 9.90 Å². The summed E-state index contributed by atoms with van der Waals surface area (Å²) in [5.74, 6) is -0.492. The number of alkyl halides is 1. The Morgan fingerprint density at radius 2 is 1.50 bits per heavy atom. The van der Waals surface area contributed by atoms with Crippen molar-refractivity contribution >= 4 is 36.3 Å². The first-order valence-corrected chi connectivity index (χ1v) is 11.3. The number of carboxylic acids is 1. The summed E-state index contributed by atoms with van der Waals surface area (Å²) in [6, 6.07) is 20.4. The zero-order valence-electron chi connectivity index (χ0n) is 15.6. The van der Waals surface area contributed by atoms with Gasteiger partial charge in [-0.1, -0.05) is 81.4 Å². The van der Waals surface area contributed by atoms with E-state index in [0.717, 1.165) is 10.4 Å². The van der Waals surface area contributed by atoms with Gasteiger partial charge in [-0.25, -0.2) is 0 Å². The lowest BCUT2D eigenvalue weighted by atomic mass is 10.2. The minimum atomic E-state index is -2.74. The molecule has 0 bridgehead atoms. The van der Waals surface area contributed by atoms with Gasteiger partial charge in [0.25, 0.3) is 8.32 Å². The Morgan fingerprint density at radius 3 is 1.85 bits per heavy atom. The van der Waals surface area contributed by atoms with E-state index < -0.39 is 20.4 Å². The molecule has 0 aliphatic heterocycles. The lowest BCUT2D eigenvalue weighted by Crippen LogP contribution is -2.67. The highest BCUT2D eigenvalue weighted by Crippen LogP contribution is 2.38. The Morgan fingerprint density at radius 1 is 1.04 bits per heavy atom. The molecule has 1 atom stereocenters. The molecule has 140 valence electrons. The third-order valence-electron chi connectivity index (χ3n) is 4.59. The van der Waals surface area contributed by atoms with Crippen LogP contribution in [0.1, 0.15) is 33.6 Å². The van der Waals surface area contributed by atoms with Gasteiger partial charge in [-0.3, -0.25) is 4.79 Å². The van der Waals surface area contributed by atoms with Gasteiger partial charge in [0.15, 0.2) is 0 Å². The SMILES string of the molecule is CC(C)(C)[Si](OC(CCCl)CC(=O)O)(c1ccccc1)c1ccccc1. The molecule has 0 aromatic heterocycles. The second-order valence-corrected chi connectivity index (χ2v) is 12.1. The summed E-state index contributed by atoms with van der Waals surface area (Å²) < 4.78 is 6.80. The summed E-state index contributed by atoms with van der Waals surface area (Å²) >= 11 is 5.96. The van der Waals surface area contributed by atoms with Crippen LogP contribution in [0.5, 0.6) is 0 Å². The molecule has 26 heavy (non-hydrogen) atoms. The fraction of sp³-hybridized carbons (Fsp3) is 0.381. The van der Waals surface area contributed by atoms with Crippen LogP contribution >= 0.6 is 11.6 Å². The van der Waals surface area contributed by atoms with Crippen molar-refractivity contribution in [3.05, 3.63) is 60.7 Å². The van der Waals surface area contributed by atoms with Crippen LogP contribution in [-0.4, -0.2) is 31.4 Å². The monoisotopic (exact) mass is 390 g/mol. The number of carbonyl (C=O) groups is 1. The quantitative estimate of drug-likeness (QED) is 0.546. The molecule has 2 aromatic carbocycles. The summed E-state index contributed by atoms with van der Waals surface area (Å²) in [5.41, 5.74) is 0. The molecule has 0 fully saturated rings. The Hall–Kier alpha value is -1.62. The number of carboxylic acid groups (broad SMARTS) is 1. The van der Waals surface area contributed by atoms with Crippen LogP contribution in [0, 0.1) is 0 Å². The number of halogens is 1. The van der Waals surface area contributed by atoms with Gasteiger partial charge in [-0.2, -0.15) is 0 Å². The summed E-state index contributed by atoms with van der Waals surface area (Å²) in [7, 11) is -2.74. The average molecular weight is 391 g/mol. The summed E-state index contributed by atoms with van der Waals surface area (Å²) in [5, 5.41) is 11.4. The van der Waals surface area contributed by atoms with E-state index in [1.54, 1.807) is 0 Å². The highest BCUT2D eigenvalue weighted by Gasteiger charge is 2.51. The summed E-state index contributed by atoms with van der Waals surface area (Å²) in [6.45, 7) is 6.53. The highest BCUT2D eigenvalue weighted by molar-refractivity contribution is 6.99. The van der Waals surface area contributed by atoms with Gasteiger partial charge >= 0.3 is 5.97 Å². The first-order valence-electron chi connectivity index (χ1n) is 8.88. The first kappa shape index (κ1) is 20.7. The standard InChI is InChI=1S/C21H27ClO3Si/c1-21(2,3)26(18-10-6-4-7-11-18,19-12-8-5-9-13-19)25-17(14-15-22)16-20(23)24/h4-13,17H,14-16H2,1-3H3,(H,23,24). The number of rotatable bonds is 8. The fourth-order valence-electron chi connectivity index (χ4n) is 3.46. The molecule has 0 aliphatic rings. The van der Waals surface area contributed by atoms with E-state index in [2.05, 4.69) is 45.0 Å². The normalized spacial score (nSPS) is 13.4. The Balaban J connectivity index is 2.65. The summed E-state index contributed by atoms with van der Waals surface area (Å²) in [6.07, 6.45) is 0.0477. The smallest absolute Gasteiger partial charge is 0.305 e. The van der Waals surface area contributed by atoms with Crippen molar-refractivity contribution in [1.82, 2.24) is 0 Å². The Kier molecular flexibility index (Phi) is 7.04. The maximum absolute atomic E-state index is 11.4. The molecule has 3 nitrogen and oxygen atoms in total. The molecule has 1 unspecified atom stereocenters. The van der Waals surface area contributed by atoms with Crippen molar-refractivity contribution in [2.75, 3.05) is 5.88 Å². The van der Waals surface area contributed by atoms with Gasteiger partial charge in [-0.15, -0.1) is 11.6 Å². The maximum Gasteiger partial charge on any atom is 0.305 e. The molecular formula is C21H27ClO3Si. The molecule has 0 radical (unpaired) electrons. The van der Waals surface area contributed by atoms with Crippen LogP contribution in [0.4, 0.5) is 0 Å². The first-order chi connectivity index (χ1) is 12.3. The third kappa shape index (κ3) is 4.56. The highest BCUT2D eigenvalue weighted by atomic mass is 35.5. The number of hydrogen-bond acceptors (Lipinski definition) is 2. The average Bonchev–Trinajstić information content (AvgIpc) is 2.59. The van der Waals surface area contributed by atoms with Gasteiger partial charge < -0.3 is 9.53 Å². The van der Waals surface area contributed by atoms with E-state index in [1.807, 2.05) is 36.4 Å². The fourth-order valence-corrected chi connectivity index (χ4v) is 8.42. The van der Waals surface area contributed by atoms with Crippen molar-refractivity contribution < 1.29 is 14.3 Å².